The summed E-state index contributed by atoms with van der Waals surface area (Å²) in [6, 6.07) is 6.04. The number of unbranched alkanes of at least 4 members (excludes halogenated alkanes) is 12. The Bertz CT molecular complexity index is 679. The van der Waals surface area contributed by atoms with Gasteiger partial charge in [-0.05, 0) is 37.3 Å². The molecule has 0 heterocycles. The average molecular weight is 494 g/mol. The van der Waals surface area contributed by atoms with E-state index < -0.39 is 17.0 Å². The van der Waals surface area contributed by atoms with E-state index >= 15 is 0 Å². The number of carbonyl (C=O) groups is 1. The van der Waals surface area contributed by atoms with Gasteiger partial charge in [0.15, 0.2) is 6.10 Å². The molecule has 0 saturated heterocycles. The van der Waals surface area contributed by atoms with Gasteiger partial charge in [-0.3, -0.25) is 10.1 Å². The van der Waals surface area contributed by atoms with Gasteiger partial charge >= 0.3 is 5.97 Å². The van der Waals surface area contributed by atoms with Gasteiger partial charge in [-0.25, -0.2) is 4.79 Å². The molecule has 0 aliphatic rings. The van der Waals surface area contributed by atoms with Gasteiger partial charge < -0.3 is 14.9 Å². The molecule has 0 amide bonds. The summed E-state index contributed by atoms with van der Waals surface area (Å²) >= 11 is 0. The molecule has 1 rings (SSSR count). The van der Waals surface area contributed by atoms with Crippen LogP contribution in [0.2, 0.25) is 0 Å². The lowest BCUT2D eigenvalue weighted by atomic mass is 9.90. The molecule has 7 heteroatoms. The van der Waals surface area contributed by atoms with Crippen molar-refractivity contribution in [2.24, 2.45) is 5.92 Å². The molecule has 2 N–H and O–H groups in total. The zero-order valence-corrected chi connectivity index (χ0v) is 21.7. The highest BCUT2D eigenvalue weighted by Crippen LogP contribution is 2.23. The summed E-state index contributed by atoms with van der Waals surface area (Å²) in [4.78, 5) is 21.4. The number of aliphatic hydroxyl groups excluding tert-OH is 1. The van der Waals surface area contributed by atoms with Gasteiger partial charge in [0.2, 0.25) is 0 Å². The number of hydrogen-bond donors (Lipinski definition) is 2. The Morgan fingerprint density at radius 3 is 1.83 bits per heavy atom. The molecule has 0 bridgehead atoms. The molecule has 1 aromatic rings. The van der Waals surface area contributed by atoms with E-state index in [1.807, 2.05) is 0 Å². The Balaban J connectivity index is 2.17. The largest absolute Gasteiger partial charge is 0.494 e. The average Bonchev–Trinajstić information content (AvgIpc) is 2.84. The van der Waals surface area contributed by atoms with Crippen LogP contribution in [0.3, 0.4) is 0 Å². The Hall–Kier alpha value is -2.15. The number of carboxylic acids is 1. The van der Waals surface area contributed by atoms with Gasteiger partial charge in [-0.1, -0.05) is 96.8 Å². The van der Waals surface area contributed by atoms with Crippen LogP contribution >= 0.6 is 0 Å². The van der Waals surface area contributed by atoms with Crippen LogP contribution in [0.1, 0.15) is 116 Å². The molecule has 7 nitrogen and oxygen atoms in total. The molecule has 0 aliphatic carbocycles. The summed E-state index contributed by atoms with van der Waals surface area (Å²) in [7, 11) is 0. The molecule has 200 valence electrons. The maximum atomic E-state index is 11.1. The number of non-ortho nitro benzene ring substituents is 1. The first-order valence-corrected chi connectivity index (χ1v) is 13.7. The van der Waals surface area contributed by atoms with Crippen LogP contribution in [0.4, 0.5) is 5.69 Å². The highest BCUT2D eigenvalue weighted by atomic mass is 16.6. The maximum Gasteiger partial charge on any atom is 0.332 e. The SMILES string of the molecule is CCCCCCCCCCCCCCC(CCCCOc1ccc([N+](=O)[O-])cc1)CC(O)C(=O)O. The van der Waals surface area contributed by atoms with E-state index in [0.29, 0.717) is 18.8 Å². The molecule has 0 aliphatic heterocycles. The lowest BCUT2D eigenvalue weighted by molar-refractivity contribution is -0.384. The second-order valence-electron chi connectivity index (χ2n) is 9.73. The molecule has 0 saturated carbocycles. The minimum absolute atomic E-state index is 0.0370. The lowest BCUT2D eigenvalue weighted by Gasteiger charge is -2.18. The van der Waals surface area contributed by atoms with Crippen LogP contribution < -0.4 is 4.74 Å². The molecular formula is C28H47NO6. The predicted molar refractivity (Wildman–Crippen MR) is 140 cm³/mol. The van der Waals surface area contributed by atoms with Crippen molar-refractivity contribution in [3.05, 3.63) is 34.4 Å². The number of nitro groups is 1. The molecule has 2 unspecified atom stereocenters. The maximum absolute atomic E-state index is 11.1. The van der Waals surface area contributed by atoms with Gasteiger partial charge in [0.1, 0.15) is 5.75 Å². The summed E-state index contributed by atoms with van der Waals surface area (Å²) in [5.74, 6) is -0.347. The number of ether oxygens (including phenoxy) is 1. The fraction of sp³-hybridized carbons (Fsp3) is 0.750. The standard InChI is InChI=1S/C28H47NO6/c1-2-3-4-5-6-7-8-9-10-11-12-13-16-24(23-27(30)28(31)32)17-14-15-22-35-26-20-18-25(19-21-26)29(33)34/h18-21,24,27,30H,2-17,22-23H2,1H3,(H,31,32). The molecular weight excluding hydrogens is 446 g/mol. The monoisotopic (exact) mass is 493 g/mol. The second-order valence-corrected chi connectivity index (χ2v) is 9.73. The molecule has 0 aromatic heterocycles. The van der Waals surface area contributed by atoms with Crippen LogP contribution in [-0.4, -0.2) is 33.8 Å². The van der Waals surface area contributed by atoms with Crippen molar-refractivity contribution in [3.8, 4) is 5.75 Å². The Morgan fingerprint density at radius 1 is 0.857 bits per heavy atom. The molecule has 0 spiro atoms. The highest BCUT2D eigenvalue weighted by molar-refractivity contribution is 5.71. The van der Waals surface area contributed by atoms with E-state index in [9.17, 15) is 20.0 Å². The van der Waals surface area contributed by atoms with Crippen LogP contribution in [0.15, 0.2) is 24.3 Å². The minimum atomic E-state index is -1.30. The molecule has 35 heavy (non-hydrogen) atoms. The first-order valence-electron chi connectivity index (χ1n) is 13.7. The Kier molecular flexibility index (Phi) is 17.7. The normalized spacial score (nSPS) is 12.9. The number of aliphatic carboxylic acids is 1. The van der Waals surface area contributed by atoms with Crippen molar-refractivity contribution in [2.45, 2.75) is 122 Å². The Labute approximate surface area is 211 Å². The van der Waals surface area contributed by atoms with Crippen molar-refractivity contribution in [2.75, 3.05) is 6.61 Å². The van der Waals surface area contributed by atoms with E-state index in [-0.39, 0.29) is 11.6 Å². The van der Waals surface area contributed by atoms with E-state index in [2.05, 4.69) is 6.92 Å². The third kappa shape index (κ3) is 16.2. The van der Waals surface area contributed by atoms with Crippen molar-refractivity contribution < 1.29 is 24.7 Å². The van der Waals surface area contributed by atoms with Crippen LogP contribution in [0, 0.1) is 16.0 Å². The first kappa shape index (κ1) is 30.9. The predicted octanol–water partition coefficient (Wildman–Crippen LogP) is 7.69. The third-order valence-corrected chi connectivity index (χ3v) is 6.63. The summed E-state index contributed by atoms with van der Waals surface area (Å²) in [5.41, 5.74) is 0.0370. The van der Waals surface area contributed by atoms with Crippen LogP contribution in [0.5, 0.6) is 5.75 Å². The smallest absolute Gasteiger partial charge is 0.332 e. The number of benzene rings is 1. The summed E-state index contributed by atoms with van der Waals surface area (Å²) in [5, 5.41) is 29.6. The fourth-order valence-electron chi connectivity index (χ4n) is 4.46. The minimum Gasteiger partial charge on any atom is -0.494 e. The second kappa shape index (κ2) is 20.1. The number of carboxylic acid groups (broad SMARTS) is 1. The molecule has 0 radical (unpaired) electrons. The lowest BCUT2D eigenvalue weighted by Crippen LogP contribution is -2.23. The fourth-order valence-corrected chi connectivity index (χ4v) is 4.46. The zero-order chi connectivity index (χ0) is 25.7. The first-order chi connectivity index (χ1) is 16.9. The van der Waals surface area contributed by atoms with Crippen molar-refractivity contribution >= 4 is 11.7 Å². The highest BCUT2D eigenvalue weighted by Gasteiger charge is 2.19. The topological polar surface area (TPSA) is 110 Å². The van der Waals surface area contributed by atoms with E-state index in [1.54, 1.807) is 12.1 Å². The number of hydrogen-bond acceptors (Lipinski definition) is 5. The van der Waals surface area contributed by atoms with E-state index in [0.717, 1.165) is 32.1 Å². The van der Waals surface area contributed by atoms with Gasteiger partial charge in [0.25, 0.3) is 5.69 Å². The number of nitro benzene ring substituents is 1. The number of nitrogens with zero attached hydrogens (tertiary/aromatic N) is 1. The molecule has 2 atom stereocenters. The quantitative estimate of drug-likeness (QED) is 0.0918. The van der Waals surface area contributed by atoms with Crippen LogP contribution in [0.25, 0.3) is 0 Å². The van der Waals surface area contributed by atoms with Crippen LogP contribution in [-0.2, 0) is 4.79 Å². The Morgan fingerprint density at radius 2 is 1.34 bits per heavy atom. The van der Waals surface area contributed by atoms with Gasteiger partial charge in [0.05, 0.1) is 11.5 Å². The third-order valence-electron chi connectivity index (χ3n) is 6.63. The number of aliphatic hydroxyl groups is 1. The van der Waals surface area contributed by atoms with Crippen molar-refractivity contribution in [1.82, 2.24) is 0 Å². The van der Waals surface area contributed by atoms with Gasteiger partial charge in [-0.2, -0.15) is 0 Å². The molecule has 1 aromatic carbocycles. The molecule has 0 fully saturated rings. The summed E-state index contributed by atoms with van der Waals surface area (Å²) in [6.45, 7) is 2.75. The van der Waals surface area contributed by atoms with Gasteiger partial charge in [-0.15, -0.1) is 0 Å². The summed E-state index contributed by atoms with van der Waals surface area (Å²) < 4.78 is 5.65. The van der Waals surface area contributed by atoms with Crippen molar-refractivity contribution in [3.63, 3.8) is 0 Å². The summed E-state index contributed by atoms with van der Waals surface area (Å²) in [6.07, 6.45) is 18.1. The van der Waals surface area contributed by atoms with Gasteiger partial charge in [0, 0.05) is 12.1 Å². The van der Waals surface area contributed by atoms with Crippen molar-refractivity contribution in [1.29, 1.82) is 0 Å². The van der Waals surface area contributed by atoms with E-state index in [4.69, 9.17) is 9.84 Å². The van der Waals surface area contributed by atoms with E-state index in [1.165, 1.54) is 82.8 Å². The zero-order valence-electron chi connectivity index (χ0n) is 21.7. The number of rotatable bonds is 23.